The third-order valence-corrected chi connectivity index (χ3v) is 14.9. The predicted octanol–water partition coefficient (Wildman–Crippen LogP) is 6.89. The average molecular weight is 746 g/mol. The molecule has 0 saturated heterocycles. The molecule has 1 aliphatic heterocycles. The van der Waals surface area contributed by atoms with Gasteiger partial charge in [0.25, 0.3) is 0 Å². The van der Waals surface area contributed by atoms with Gasteiger partial charge in [-0.25, -0.2) is 25.3 Å². The van der Waals surface area contributed by atoms with Crippen LogP contribution in [0.3, 0.4) is 0 Å². The third kappa shape index (κ3) is 11.7. The first kappa shape index (κ1) is 40.2. The SMILES string of the molecule is CCCS(=O)(=O)N1Cc2cccc(c2)CN(S(=O)(=O)CCC(C)C)Cc2cccc(c2)CN(S(=O)(=O)CCC(C)CC)Cc2cccc(c2)C1. The molecule has 3 aromatic rings. The van der Waals surface area contributed by atoms with Gasteiger partial charge in [-0.3, -0.25) is 0 Å². The molecule has 50 heavy (non-hydrogen) atoms. The van der Waals surface area contributed by atoms with Crippen LogP contribution in [0.25, 0.3) is 0 Å². The Hall–Kier alpha value is -2.61. The van der Waals surface area contributed by atoms with Gasteiger partial charge in [-0.05, 0) is 64.5 Å². The fourth-order valence-electron chi connectivity index (χ4n) is 6.04. The van der Waals surface area contributed by atoms with Crippen molar-refractivity contribution in [1.82, 2.24) is 12.9 Å². The lowest BCUT2D eigenvalue weighted by atomic mass is 10.1. The van der Waals surface area contributed by atoms with E-state index in [9.17, 15) is 25.3 Å². The molecule has 3 aromatic carbocycles. The number of sulfonamides is 3. The Kier molecular flexibility index (Phi) is 14.3. The smallest absolute Gasteiger partial charge is 0.212 e. The summed E-state index contributed by atoms with van der Waals surface area (Å²) < 4.78 is 87.2. The number of hydrogen-bond donors (Lipinski definition) is 0. The summed E-state index contributed by atoms with van der Waals surface area (Å²) in [7, 11) is -11.0. The Morgan fingerprint density at radius 1 is 0.500 bits per heavy atom. The number of benzene rings is 3. The minimum Gasteiger partial charge on any atom is -0.212 e. The molecule has 1 heterocycles. The van der Waals surface area contributed by atoms with Gasteiger partial charge in [0.15, 0.2) is 0 Å². The van der Waals surface area contributed by atoms with E-state index in [2.05, 4.69) is 13.8 Å². The molecule has 0 N–H and O–H groups in total. The lowest BCUT2D eigenvalue weighted by molar-refractivity contribution is 0.389. The number of nitrogens with zero attached hydrogens (tertiary/aromatic N) is 3. The molecule has 0 amide bonds. The second-order valence-corrected chi connectivity index (χ2v) is 20.5. The van der Waals surface area contributed by atoms with Crippen LogP contribution >= 0.6 is 0 Å². The van der Waals surface area contributed by atoms with E-state index in [0.29, 0.717) is 19.3 Å². The highest BCUT2D eigenvalue weighted by Crippen LogP contribution is 2.24. The maximum atomic E-state index is 13.9. The first-order valence-electron chi connectivity index (χ1n) is 17.8. The van der Waals surface area contributed by atoms with Crippen LogP contribution in [-0.4, -0.2) is 55.4 Å². The minimum absolute atomic E-state index is 0.00575. The molecule has 0 aromatic heterocycles. The normalized spacial score (nSPS) is 16.9. The Bertz CT molecular complexity index is 1900. The highest BCUT2D eigenvalue weighted by molar-refractivity contribution is 7.89. The first-order chi connectivity index (χ1) is 23.6. The van der Waals surface area contributed by atoms with Gasteiger partial charge in [-0.15, -0.1) is 0 Å². The summed E-state index contributed by atoms with van der Waals surface area (Å²) in [5.41, 5.74) is 4.60. The summed E-state index contributed by atoms with van der Waals surface area (Å²) in [5, 5.41) is 0. The number of fused-ring (bicyclic) bond motifs is 6. The maximum Gasteiger partial charge on any atom is 0.214 e. The molecule has 276 valence electrons. The minimum atomic E-state index is -3.68. The standard InChI is InChI=1S/C38H55N3O6S3/c1-6-19-48(42,43)39-25-33-11-8-13-35(22-33)27-40(49(44,45)20-17-31(3)4)28-36-14-10-16-38(24-36)30-41(50(46,47)21-18-32(5)7-2)29-37-15-9-12-34(23-37)26-39/h8-16,22-24,31-32H,6-7,17-21,25-30H2,1-5H3. The van der Waals surface area contributed by atoms with Gasteiger partial charge < -0.3 is 0 Å². The van der Waals surface area contributed by atoms with E-state index in [-0.39, 0.29) is 68.4 Å². The van der Waals surface area contributed by atoms with Crippen LogP contribution in [0.4, 0.5) is 0 Å². The Balaban J connectivity index is 1.84. The topological polar surface area (TPSA) is 112 Å². The van der Waals surface area contributed by atoms with E-state index in [1.165, 1.54) is 12.9 Å². The molecular weight excluding hydrogens is 691 g/mol. The molecule has 1 unspecified atom stereocenters. The highest BCUT2D eigenvalue weighted by Gasteiger charge is 2.27. The quantitative estimate of drug-likeness (QED) is 0.200. The molecule has 0 aliphatic carbocycles. The zero-order valence-electron chi connectivity index (χ0n) is 30.3. The van der Waals surface area contributed by atoms with Gasteiger partial charge in [0.2, 0.25) is 30.1 Å². The molecule has 1 atom stereocenters. The van der Waals surface area contributed by atoms with Crippen LogP contribution in [-0.2, 0) is 69.3 Å². The van der Waals surface area contributed by atoms with Crippen molar-refractivity contribution in [3.8, 4) is 0 Å². The molecule has 0 radical (unpaired) electrons. The van der Waals surface area contributed by atoms with Gasteiger partial charge in [0.1, 0.15) is 0 Å². The molecule has 4 rings (SSSR count). The van der Waals surface area contributed by atoms with Crippen molar-refractivity contribution in [2.75, 3.05) is 17.3 Å². The fourth-order valence-corrected chi connectivity index (χ4v) is 10.9. The molecule has 9 nitrogen and oxygen atoms in total. The predicted molar refractivity (Wildman–Crippen MR) is 202 cm³/mol. The molecule has 0 spiro atoms. The van der Waals surface area contributed by atoms with Crippen LogP contribution in [0.1, 0.15) is 93.7 Å². The van der Waals surface area contributed by atoms with E-state index in [4.69, 9.17) is 0 Å². The second-order valence-electron chi connectivity index (χ2n) is 14.2. The number of hydrogen-bond acceptors (Lipinski definition) is 6. The van der Waals surface area contributed by atoms with Crippen molar-refractivity contribution in [2.24, 2.45) is 11.8 Å². The summed E-state index contributed by atoms with van der Waals surface area (Å²) in [5.74, 6) is 0.488. The maximum absolute atomic E-state index is 13.9. The van der Waals surface area contributed by atoms with E-state index < -0.39 is 30.1 Å². The van der Waals surface area contributed by atoms with Crippen molar-refractivity contribution in [1.29, 1.82) is 0 Å². The monoisotopic (exact) mass is 745 g/mol. The van der Waals surface area contributed by atoms with Crippen molar-refractivity contribution in [2.45, 2.75) is 99.6 Å². The molecule has 0 fully saturated rings. The Morgan fingerprint density at radius 2 is 0.800 bits per heavy atom. The molecule has 0 saturated carbocycles. The van der Waals surface area contributed by atoms with Crippen LogP contribution < -0.4 is 0 Å². The van der Waals surface area contributed by atoms with Gasteiger partial charge in [0.05, 0.1) is 17.3 Å². The summed E-state index contributed by atoms with van der Waals surface area (Å²) in [6, 6.07) is 22.5. The van der Waals surface area contributed by atoms with Crippen molar-refractivity contribution < 1.29 is 25.3 Å². The van der Waals surface area contributed by atoms with Crippen LogP contribution in [0, 0.1) is 11.8 Å². The van der Waals surface area contributed by atoms with Gasteiger partial charge in [0, 0.05) is 39.3 Å². The largest absolute Gasteiger partial charge is 0.214 e. The summed E-state index contributed by atoms with van der Waals surface area (Å²) in [4.78, 5) is 0. The number of rotatable bonds is 12. The van der Waals surface area contributed by atoms with E-state index in [1.54, 1.807) is 0 Å². The summed E-state index contributed by atoms with van der Waals surface area (Å²) >= 11 is 0. The second kappa shape index (κ2) is 17.7. The average Bonchev–Trinajstić information content (AvgIpc) is 3.05. The molecule has 1 aliphatic rings. The van der Waals surface area contributed by atoms with Crippen LogP contribution in [0.15, 0.2) is 72.8 Å². The zero-order chi connectivity index (χ0) is 36.5. The third-order valence-electron chi connectivity index (χ3n) is 9.29. The first-order valence-corrected chi connectivity index (χ1v) is 22.6. The summed E-state index contributed by atoms with van der Waals surface area (Å²) in [6.07, 6.45) is 2.42. The van der Waals surface area contributed by atoms with Gasteiger partial charge >= 0.3 is 0 Å². The fraction of sp³-hybridized carbons (Fsp3) is 0.526. The lowest BCUT2D eigenvalue weighted by Gasteiger charge is -2.26. The van der Waals surface area contributed by atoms with E-state index in [1.807, 2.05) is 93.6 Å². The highest BCUT2D eigenvalue weighted by atomic mass is 32.2. The lowest BCUT2D eigenvalue weighted by Crippen LogP contribution is -2.34. The Morgan fingerprint density at radius 3 is 1.08 bits per heavy atom. The molecule has 12 heteroatoms. The Labute approximate surface area is 301 Å². The van der Waals surface area contributed by atoms with Crippen molar-refractivity contribution in [3.05, 3.63) is 106 Å². The van der Waals surface area contributed by atoms with Crippen LogP contribution in [0.2, 0.25) is 0 Å². The molecular formula is C38H55N3O6S3. The summed E-state index contributed by atoms with van der Waals surface area (Å²) in [6.45, 7) is 10.7. The molecule has 6 bridgehead atoms. The zero-order valence-corrected chi connectivity index (χ0v) is 32.7. The van der Waals surface area contributed by atoms with Gasteiger partial charge in [-0.2, -0.15) is 12.9 Å². The van der Waals surface area contributed by atoms with Crippen molar-refractivity contribution in [3.63, 3.8) is 0 Å². The van der Waals surface area contributed by atoms with Gasteiger partial charge in [-0.1, -0.05) is 114 Å². The van der Waals surface area contributed by atoms with Crippen molar-refractivity contribution >= 4 is 30.1 Å². The van der Waals surface area contributed by atoms with E-state index >= 15 is 0 Å². The van der Waals surface area contributed by atoms with Crippen LogP contribution in [0.5, 0.6) is 0 Å². The van der Waals surface area contributed by atoms with E-state index in [0.717, 1.165) is 39.8 Å².